The second-order valence-corrected chi connectivity index (χ2v) is 7.06. The Morgan fingerprint density at radius 3 is 3.00 bits per heavy atom. The molecule has 1 atom stereocenters. The summed E-state index contributed by atoms with van der Waals surface area (Å²) >= 11 is 0. The third kappa shape index (κ3) is 3.36. The fourth-order valence-electron chi connectivity index (χ4n) is 3.67. The van der Waals surface area contributed by atoms with E-state index < -0.39 is 0 Å². The highest BCUT2D eigenvalue weighted by molar-refractivity contribution is 5.95. The standard InChI is InChI=1S/C21H22N6O/c1-2-11-28-16(4-1)13-24-19-17-7-6-15(12-14(17)8-10-23-19)25-21-18-5-3-9-22-20(18)26-27-21/h3,5-10,12,16H,1-2,4,11,13H2,(H,23,24)(H2,22,25,26,27). The summed E-state index contributed by atoms with van der Waals surface area (Å²) in [4.78, 5) is 8.78. The largest absolute Gasteiger partial charge is 0.376 e. The molecular weight excluding hydrogens is 352 g/mol. The summed E-state index contributed by atoms with van der Waals surface area (Å²) in [5.41, 5.74) is 1.68. The van der Waals surface area contributed by atoms with Gasteiger partial charge in [0.1, 0.15) is 11.6 Å². The summed E-state index contributed by atoms with van der Waals surface area (Å²) in [7, 11) is 0. The summed E-state index contributed by atoms with van der Waals surface area (Å²) in [5.74, 6) is 1.73. The van der Waals surface area contributed by atoms with Crippen LogP contribution in [0.25, 0.3) is 21.8 Å². The Morgan fingerprint density at radius 2 is 2.07 bits per heavy atom. The number of hydrogen-bond donors (Lipinski definition) is 3. The highest BCUT2D eigenvalue weighted by Gasteiger charge is 2.14. The molecule has 7 heteroatoms. The maximum Gasteiger partial charge on any atom is 0.183 e. The average Bonchev–Trinajstić information content (AvgIpc) is 3.16. The van der Waals surface area contributed by atoms with Gasteiger partial charge in [-0.15, -0.1) is 0 Å². The number of aromatic nitrogens is 4. The first-order valence-electron chi connectivity index (χ1n) is 9.67. The van der Waals surface area contributed by atoms with Crippen LogP contribution in [-0.2, 0) is 4.74 Å². The first-order chi connectivity index (χ1) is 13.9. The van der Waals surface area contributed by atoms with Crippen LogP contribution in [-0.4, -0.2) is 39.4 Å². The molecule has 7 nitrogen and oxygen atoms in total. The molecule has 0 saturated carbocycles. The van der Waals surface area contributed by atoms with Gasteiger partial charge in [-0.25, -0.2) is 9.97 Å². The molecule has 5 rings (SSSR count). The molecule has 1 saturated heterocycles. The van der Waals surface area contributed by atoms with Crippen LogP contribution in [0.3, 0.4) is 0 Å². The van der Waals surface area contributed by atoms with Gasteiger partial charge in [0.05, 0.1) is 11.5 Å². The van der Waals surface area contributed by atoms with Crippen molar-refractivity contribution in [2.24, 2.45) is 0 Å². The molecule has 0 amide bonds. The Hall–Kier alpha value is -3.19. The molecule has 0 aliphatic carbocycles. The van der Waals surface area contributed by atoms with Crippen molar-refractivity contribution >= 4 is 39.1 Å². The molecule has 0 radical (unpaired) electrons. The van der Waals surface area contributed by atoms with Crippen LogP contribution in [0.1, 0.15) is 19.3 Å². The fraction of sp³-hybridized carbons (Fsp3) is 0.286. The van der Waals surface area contributed by atoms with Crippen molar-refractivity contribution in [3.63, 3.8) is 0 Å². The minimum atomic E-state index is 0.272. The smallest absolute Gasteiger partial charge is 0.183 e. The summed E-state index contributed by atoms with van der Waals surface area (Å²) in [6.45, 7) is 1.65. The molecular formula is C21H22N6O. The topological polar surface area (TPSA) is 87.8 Å². The predicted molar refractivity (Wildman–Crippen MR) is 111 cm³/mol. The van der Waals surface area contributed by atoms with Crippen molar-refractivity contribution in [2.45, 2.75) is 25.4 Å². The molecule has 142 valence electrons. The number of rotatable bonds is 5. The SMILES string of the molecule is c1cnc2n[nH]c(Nc3ccc4c(NCC5CCCCO5)nccc4c3)c2c1. The number of nitrogens with zero attached hydrogens (tertiary/aromatic N) is 3. The number of anilines is 3. The zero-order valence-corrected chi connectivity index (χ0v) is 15.5. The van der Waals surface area contributed by atoms with Gasteiger partial charge in [-0.2, -0.15) is 5.10 Å². The van der Waals surface area contributed by atoms with E-state index in [-0.39, 0.29) is 6.10 Å². The van der Waals surface area contributed by atoms with Crippen molar-refractivity contribution in [3.8, 4) is 0 Å². The van der Waals surface area contributed by atoms with Gasteiger partial charge in [-0.3, -0.25) is 5.10 Å². The second-order valence-electron chi connectivity index (χ2n) is 7.06. The maximum atomic E-state index is 5.81. The zero-order valence-electron chi connectivity index (χ0n) is 15.5. The first-order valence-corrected chi connectivity index (χ1v) is 9.67. The van der Waals surface area contributed by atoms with Crippen LogP contribution in [0.2, 0.25) is 0 Å². The van der Waals surface area contributed by atoms with Crippen molar-refractivity contribution in [3.05, 3.63) is 48.8 Å². The lowest BCUT2D eigenvalue weighted by molar-refractivity contribution is 0.0247. The van der Waals surface area contributed by atoms with E-state index in [2.05, 4.69) is 49.0 Å². The second kappa shape index (κ2) is 7.44. The van der Waals surface area contributed by atoms with Crippen LogP contribution in [0.5, 0.6) is 0 Å². The van der Waals surface area contributed by atoms with E-state index in [1.807, 2.05) is 24.4 Å². The van der Waals surface area contributed by atoms with Gasteiger partial charge in [0.15, 0.2) is 5.65 Å². The van der Waals surface area contributed by atoms with E-state index in [9.17, 15) is 0 Å². The van der Waals surface area contributed by atoms with Crippen LogP contribution < -0.4 is 10.6 Å². The van der Waals surface area contributed by atoms with Gasteiger partial charge in [-0.05, 0) is 61.0 Å². The number of aromatic amines is 1. The number of nitrogens with one attached hydrogen (secondary N) is 3. The van der Waals surface area contributed by atoms with Crippen LogP contribution in [0.4, 0.5) is 17.3 Å². The lowest BCUT2D eigenvalue weighted by Crippen LogP contribution is -2.27. The molecule has 28 heavy (non-hydrogen) atoms. The number of H-pyrrole nitrogens is 1. The van der Waals surface area contributed by atoms with Crippen molar-refractivity contribution in [1.82, 2.24) is 20.2 Å². The number of ether oxygens (including phenoxy) is 1. The van der Waals surface area contributed by atoms with Gasteiger partial charge in [0.25, 0.3) is 0 Å². The first kappa shape index (κ1) is 16.9. The summed E-state index contributed by atoms with van der Waals surface area (Å²) < 4.78 is 5.81. The third-order valence-electron chi connectivity index (χ3n) is 5.13. The lowest BCUT2D eigenvalue weighted by atomic mass is 10.1. The molecule has 4 heterocycles. The van der Waals surface area contributed by atoms with E-state index in [4.69, 9.17) is 4.74 Å². The zero-order chi connectivity index (χ0) is 18.8. The fourth-order valence-corrected chi connectivity index (χ4v) is 3.67. The minimum Gasteiger partial charge on any atom is -0.376 e. The van der Waals surface area contributed by atoms with Crippen LogP contribution >= 0.6 is 0 Å². The van der Waals surface area contributed by atoms with Crippen LogP contribution in [0, 0.1) is 0 Å². The number of hydrogen-bond acceptors (Lipinski definition) is 6. The van der Waals surface area contributed by atoms with Crippen molar-refractivity contribution < 1.29 is 4.74 Å². The lowest BCUT2D eigenvalue weighted by Gasteiger charge is -2.23. The Bertz CT molecular complexity index is 1100. The molecule has 1 aliphatic heterocycles. The van der Waals surface area contributed by atoms with E-state index in [0.29, 0.717) is 5.65 Å². The molecule has 4 aromatic rings. The number of fused-ring (bicyclic) bond motifs is 2. The average molecular weight is 374 g/mol. The van der Waals surface area contributed by atoms with Crippen molar-refractivity contribution in [2.75, 3.05) is 23.8 Å². The molecule has 1 aliphatic rings. The number of pyridine rings is 2. The Labute approximate surface area is 162 Å². The molecule has 3 aromatic heterocycles. The molecule has 0 spiro atoms. The Kier molecular flexibility index (Phi) is 4.50. The highest BCUT2D eigenvalue weighted by Crippen LogP contribution is 2.28. The van der Waals surface area contributed by atoms with E-state index in [1.165, 1.54) is 12.8 Å². The minimum absolute atomic E-state index is 0.272. The summed E-state index contributed by atoms with van der Waals surface area (Å²) in [6.07, 6.45) is 7.37. The third-order valence-corrected chi connectivity index (χ3v) is 5.13. The molecule has 1 unspecified atom stereocenters. The predicted octanol–water partition coefficient (Wildman–Crippen LogP) is 4.23. The van der Waals surface area contributed by atoms with Gasteiger partial charge < -0.3 is 15.4 Å². The maximum absolute atomic E-state index is 5.81. The van der Waals surface area contributed by atoms with Gasteiger partial charge >= 0.3 is 0 Å². The Balaban J connectivity index is 1.37. The monoisotopic (exact) mass is 374 g/mol. The molecule has 1 aromatic carbocycles. The molecule has 1 fully saturated rings. The number of benzene rings is 1. The molecule has 3 N–H and O–H groups in total. The quantitative estimate of drug-likeness (QED) is 0.484. The van der Waals surface area contributed by atoms with Gasteiger partial charge in [0.2, 0.25) is 0 Å². The van der Waals surface area contributed by atoms with Crippen molar-refractivity contribution in [1.29, 1.82) is 0 Å². The van der Waals surface area contributed by atoms with Crippen LogP contribution in [0.15, 0.2) is 48.8 Å². The highest BCUT2D eigenvalue weighted by atomic mass is 16.5. The van der Waals surface area contributed by atoms with Gasteiger partial charge in [0, 0.05) is 36.6 Å². The van der Waals surface area contributed by atoms with E-state index in [1.54, 1.807) is 6.20 Å². The van der Waals surface area contributed by atoms with Gasteiger partial charge in [-0.1, -0.05) is 0 Å². The normalized spacial score (nSPS) is 17.1. The van der Waals surface area contributed by atoms with E-state index in [0.717, 1.165) is 53.1 Å². The van der Waals surface area contributed by atoms with E-state index >= 15 is 0 Å². The summed E-state index contributed by atoms with van der Waals surface area (Å²) in [6, 6.07) is 12.2. The Morgan fingerprint density at radius 1 is 1.07 bits per heavy atom. The molecule has 0 bridgehead atoms. The summed E-state index contributed by atoms with van der Waals surface area (Å²) in [5, 5.41) is 17.3.